The van der Waals surface area contributed by atoms with Crippen molar-refractivity contribution in [2.75, 3.05) is 19.0 Å². The van der Waals surface area contributed by atoms with E-state index in [-0.39, 0.29) is 12.0 Å². The van der Waals surface area contributed by atoms with Gasteiger partial charge in [-0.3, -0.25) is 4.79 Å². The van der Waals surface area contributed by atoms with Gasteiger partial charge in [0.2, 0.25) is 0 Å². The third kappa shape index (κ3) is 6.49. The highest BCUT2D eigenvalue weighted by Gasteiger charge is 2.49. The van der Waals surface area contributed by atoms with Gasteiger partial charge in [0.25, 0.3) is 5.91 Å². The van der Waals surface area contributed by atoms with Crippen LogP contribution >= 0.6 is 11.8 Å². The lowest BCUT2D eigenvalue weighted by atomic mass is 9.81. The molecule has 1 aliphatic heterocycles. The van der Waals surface area contributed by atoms with E-state index in [4.69, 9.17) is 9.47 Å². The molecule has 2 aliphatic rings. The van der Waals surface area contributed by atoms with Gasteiger partial charge in [-0.05, 0) is 30.7 Å². The Bertz CT molecular complexity index is 816. The maximum Gasteiger partial charge on any atom is 0.253 e. The van der Waals surface area contributed by atoms with E-state index in [9.17, 15) is 40.5 Å². The van der Waals surface area contributed by atoms with E-state index in [2.05, 4.69) is 10.3 Å². The molecule has 1 aliphatic carbocycles. The smallest absolute Gasteiger partial charge is 0.253 e. The number of hydrogen-bond acceptors (Lipinski definition) is 12. The van der Waals surface area contributed by atoms with Gasteiger partial charge >= 0.3 is 0 Å². The molecular weight excluding hydrogens is 484 g/mol. The zero-order valence-electron chi connectivity index (χ0n) is 19.3. The van der Waals surface area contributed by atoms with Crippen molar-refractivity contribution in [2.24, 2.45) is 5.92 Å². The average molecular weight is 519 g/mol. The van der Waals surface area contributed by atoms with Crippen LogP contribution in [0, 0.1) is 5.92 Å². The van der Waals surface area contributed by atoms with Crippen LogP contribution in [-0.4, -0.2) is 121 Å². The Morgan fingerprint density at radius 2 is 1.83 bits per heavy atom. The number of rotatable bonds is 9. The van der Waals surface area contributed by atoms with Crippen LogP contribution in [0.1, 0.15) is 30.1 Å². The van der Waals surface area contributed by atoms with Gasteiger partial charge in [-0.15, -0.1) is 11.8 Å². The van der Waals surface area contributed by atoms with Crippen molar-refractivity contribution < 1.29 is 50.0 Å². The standard InChI is InChI=1S/C22H34N2O10S/c1-2-5-35-14-4-3-10(7-23-14)21(32)24-15-19(30)18(29)13(9-26)34-22(15)33-12-6-11(8-25)16(27)20(31)17(12)28/h3-4,7,11-13,15-20,22,25-31H,2,5-6,8-9H2,1H3,(H,24,32)/t11-,12?,13-,15-,16-,17+,18-,19-,20-,22+/m1/s1. The molecule has 1 unspecified atom stereocenters. The molecule has 198 valence electrons. The van der Waals surface area contributed by atoms with Crippen molar-refractivity contribution in [1.82, 2.24) is 10.3 Å². The van der Waals surface area contributed by atoms with Crippen LogP contribution in [0.4, 0.5) is 0 Å². The van der Waals surface area contributed by atoms with Gasteiger partial charge in [0.15, 0.2) is 6.29 Å². The van der Waals surface area contributed by atoms with Crippen LogP contribution in [0.3, 0.4) is 0 Å². The summed E-state index contributed by atoms with van der Waals surface area (Å²) in [5, 5.41) is 73.9. The van der Waals surface area contributed by atoms with Crippen LogP contribution < -0.4 is 5.32 Å². The fourth-order valence-corrected chi connectivity index (χ4v) is 4.87. The van der Waals surface area contributed by atoms with E-state index in [1.54, 1.807) is 23.9 Å². The largest absolute Gasteiger partial charge is 0.396 e. The van der Waals surface area contributed by atoms with Gasteiger partial charge in [-0.2, -0.15) is 0 Å². The molecule has 1 aromatic rings. The first-order valence-electron chi connectivity index (χ1n) is 11.5. The SMILES string of the molecule is CCCSc1ccc(C(=O)N[C@H]2[C@@H](OC3C[C@H](CO)[C@@H](O)[C@@H](O)[C@H]3O)O[C@H](CO)[C@@H](O)[C@@H]2O)cn1. The molecule has 8 N–H and O–H groups in total. The van der Waals surface area contributed by atoms with Gasteiger partial charge in [-0.25, -0.2) is 4.98 Å². The number of aliphatic hydroxyl groups is 7. The number of carbonyl (C=O) groups excluding carboxylic acids is 1. The maximum atomic E-state index is 12.9. The van der Waals surface area contributed by atoms with Crippen LogP contribution in [0.2, 0.25) is 0 Å². The number of amides is 1. The first-order valence-corrected chi connectivity index (χ1v) is 12.5. The lowest BCUT2D eigenvalue weighted by Crippen LogP contribution is -2.66. The Hall–Kier alpha value is -1.39. The van der Waals surface area contributed by atoms with Crippen molar-refractivity contribution >= 4 is 17.7 Å². The summed E-state index contributed by atoms with van der Waals surface area (Å²) < 4.78 is 11.4. The number of thioether (sulfide) groups is 1. The molecule has 12 nitrogen and oxygen atoms in total. The molecule has 2 fully saturated rings. The lowest BCUT2D eigenvalue weighted by molar-refractivity contribution is -0.301. The van der Waals surface area contributed by atoms with E-state index >= 15 is 0 Å². The van der Waals surface area contributed by atoms with Gasteiger partial charge in [0, 0.05) is 18.7 Å². The first kappa shape index (κ1) is 28.2. The van der Waals surface area contributed by atoms with Crippen molar-refractivity contribution in [2.45, 2.75) is 79.9 Å². The van der Waals surface area contributed by atoms with Crippen LogP contribution in [-0.2, 0) is 9.47 Å². The van der Waals surface area contributed by atoms with Gasteiger partial charge in [0.05, 0.1) is 29.4 Å². The zero-order valence-corrected chi connectivity index (χ0v) is 20.1. The number of pyridine rings is 1. The molecule has 0 radical (unpaired) electrons. The molecule has 1 saturated heterocycles. The zero-order chi connectivity index (χ0) is 25.7. The number of aliphatic hydroxyl groups excluding tert-OH is 7. The minimum Gasteiger partial charge on any atom is -0.396 e. The second-order valence-corrected chi connectivity index (χ2v) is 9.88. The highest BCUT2D eigenvalue weighted by atomic mass is 32.2. The fourth-order valence-electron chi connectivity index (χ4n) is 4.16. The Kier molecular flexibility index (Phi) is 10.2. The summed E-state index contributed by atoms with van der Waals surface area (Å²) in [6, 6.07) is 1.93. The Morgan fingerprint density at radius 1 is 1.09 bits per heavy atom. The van der Waals surface area contributed by atoms with E-state index in [1.807, 2.05) is 6.92 Å². The average Bonchev–Trinajstić information content (AvgIpc) is 2.87. The van der Waals surface area contributed by atoms with E-state index < -0.39 is 80.1 Å². The topological polar surface area (TPSA) is 202 Å². The third-order valence-corrected chi connectivity index (χ3v) is 7.42. The Balaban J connectivity index is 1.77. The highest BCUT2D eigenvalue weighted by molar-refractivity contribution is 7.99. The maximum absolute atomic E-state index is 12.9. The number of aromatic nitrogens is 1. The summed E-state index contributed by atoms with van der Waals surface area (Å²) in [7, 11) is 0. The minimum absolute atomic E-state index is 0.0559. The van der Waals surface area contributed by atoms with Crippen molar-refractivity contribution in [1.29, 1.82) is 0 Å². The van der Waals surface area contributed by atoms with Crippen LogP contribution in [0.25, 0.3) is 0 Å². The summed E-state index contributed by atoms with van der Waals surface area (Å²) in [5.41, 5.74) is 0.187. The predicted octanol–water partition coefficient (Wildman–Crippen LogP) is -2.40. The second kappa shape index (κ2) is 12.7. The number of ether oxygens (including phenoxy) is 2. The quantitative estimate of drug-likeness (QED) is 0.161. The number of hydrogen-bond donors (Lipinski definition) is 8. The molecule has 2 heterocycles. The van der Waals surface area contributed by atoms with Crippen molar-refractivity contribution in [3.05, 3.63) is 23.9 Å². The van der Waals surface area contributed by atoms with E-state index in [1.165, 1.54) is 6.20 Å². The first-order chi connectivity index (χ1) is 16.7. The normalized spacial score (nSPS) is 37.7. The van der Waals surface area contributed by atoms with Crippen LogP contribution in [0.15, 0.2) is 23.4 Å². The molecule has 1 aromatic heterocycles. The van der Waals surface area contributed by atoms with E-state index in [0.717, 1.165) is 17.2 Å². The molecule has 35 heavy (non-hydrogen) atoms. The molecule has 3 rings (SSSR count). The molecule has 13 heteroatoms. The monoisotopic (exact) mass is 518 g/mol. The van der Waals surface area contributed by atoms with E-state index in [0.29, 0.717) is 0 Å². The number of carbonyl (C=O) groups is 1. The summed E-state index contributed by atoms with van der Waals surface area (Å²) in [5.74, 6) is -0.550. The van der Waals surface area contributed by atoms with Crippen LogP contribution in [0.5, 0.6) is 0 Å². The van der Waals surface area contributed by atoms with Gasteiger partial charge in [0.1, 0.15) is 36.6 Å². The van der Waals surface area contributed by atoms with Crippen molar-refractivity contribution in [3.63, 3.8) is 0 Å². The molecular formula is C22H34N2O10S. The molecule has 0 spiro atoms. The minimum atomic E-state index is -1.61. The Labute approximate surface area is 206 Å². The summed E-state index contributed by atoms with van der Waals surface area (Å²) in [6.07, 6.45) is -9.24. The second-order valence-electron chi connectivity index (χ2n) is 8.76. The fraction of sp³-hybridized carbons (Fsp3) is 0.727. The summed E-state index contributed by atoms with van der Waals surface area (Å²) in [6.45, 7) is 0.907. The molecule has 1 amide bonds. The molecule has 10 atom stereocenters. The summed E-state index contributed by atoms with van der Waals surface area (Å²) in [4.78, 5) is 17.1. The highest BCUT2D eigenvalue weighted by Crippen LogP contribution is 2.31. The predicted molar refractivity (Wildman–Crippen MR) is 122 cm³/mol. The lowest BCUT2D eigenvalue weighted by Gasteiger charge is -2.46. The van der Waals surface area contributed by atoms with Crippen molar-refractivity contribution in [3.8, 4) is 0 Å². The Morgan fingerprint density at radius 3 is 2.43 bits per heavy atom. The molecule has 0 aromatic carbocycles. The molecule has 1 saturated carbocycles. The number of nitrogens with one attached hydrogen (secondary N) is 1. The molecule has 0 bridgehead atoms. The van der Waals surface area contributed by atoms with Gasteiger partial charge in [-0.1, -0.05) is 6.92 Å². The summed E-state index contributed by atoms with van der Waals surface area (Å²) >= 11 is 1.54. The third-order valence-electron chi connectivity index (χ3n) is 6.27. The van der Waals surface area contributed by atoms with Gasteiger partial charge < -0.3 is 50.5 Å². The number of nitrogens with zero attached hydrogens (tertiary/aromatic N) is 1.